The second-order valence-electron chi connectivity index (χ2n) is 13.2. The molecule has 2 aliphatic carbocycles. The molecule has 8 nitrogen and oxygen atoms in total. The molecule has 1 unspecified atom stereocenters. The molecule has 1 aromatic heterocycles. The molecule has 1 spiro atoms. The highest BCUT2D eigenvalue weighted by Crippen LogP contribution is 2.50. The smallest absolute Gasteiger partial charge is 0.318 e. The molecule has 3 aliphatic heterocycles. The fraction of sp³-hybridized carbons (Fsp3) is 0.576. The molecule has 2 aromatic rings. The standard InChI is InChI=1S/C33H37ClF2N6O2/c1-21(35)30(43)42-15-14-40(19-23(42)8-12-37)29-25-7-11-32(10-6-24-26(32)4-2-5-27(24)34)17-28(25)38-31(39-29)44-20-33-9-3-13-41(33)18-22(36)16-33/h2,4-5,22-23H,1,3,6-11,13-20H2/t22-,23+,32?,33+/m1/s1. The number of hydrogen-bond donors (Lipinski definition) is 0. The Morgan fingerprint density at radius 2 is 1.98 bits per heavy atom. The van der Waals surface area contributed by atoms with Crippen LogP contribution in [0.1, 0.15) is 60.9 Å². The van der Waals surface area contributed by atoms with Gasteiger partial charge >= 0.3 is 6.01 Å². The number of rotatable bonds is 6. The van der Waals surface area contributed by atoms with Crippen molar-refractivity contribution in [2.24, 2.45) is 0 Å². The number of amides is 1. The van der Waals surface area contributed by atoms with Crippen molar-refractivity contribution in [1.82, 2.24) is 19.8 Å². The SMILES string of the molecule is C=C(F)C(=O)N1CCN(c2nc(OC[C@@]34CCCN3C[C@H](F)C4)nc3c2CCC2(CCc4c(Cl)cccc42)C3)C[C@@H]1CC#N. The third-order valence-corrected chi connectivity index (χ3v) is 11.1. The van der Waals surface area contributed by atoms with Gasteiger partial charge < -0.3 is 14.5 Å². The molecular formula is C33H37ClF2N6O2. The number of halogens is 3. The van der Waals surface area contributed by atoms with Crippen LogP contribution in [0, 0.1) is 11.3 Å². The molecule has 3 fully saturated rings. The molecule has 7 rings (SSSR count). The Hall–Kier alpha value is -3.29. The third kappa shape index (κ3) is 4.93. The van der Waals surface area contributed by atoms with E-state index in [-0.39, 0.29) is 29.9 Å². The lowest BCUT2D eigenvalue weighted by Gasteiger charge is -2.43. The number of anilines is 1. The lowest BCUT2D eigenvalue weighted by Crippen LogP contribution is -2.55. The number of nitrogens with zero attached hydrogens (tertiary/aromatic N) is 6. The van der Waals surface area contributed by atoms with Gasteiger partial charge in [0.25, 0.3) is 5.91 Å². The molecule has 0 bridgehead atoms. The largest absolute Gasteiger partial charge is 0.461 e. The van der Waals surface area contributed by atoms with Gasteiger partial charge in [0.1, 0.15) is 18.6 Å². The van der Waals surface area contributed by atoms with E-state index < -0.39 is 23.9 Å². The summed E-state index contributed by atoms with van der Waals surface area (Å²) in [5.74, 6) is -1.06. The second kappa shape index (κ2) is 11.3. The van der Waals surface area contributed by atoms with Crippen LogP contribution in [0.4, 0.5) is 14.6 Å². The van der Waals surface area contributed by atoms with E-state index in [1.54, 1.807) is 0 Å². The highest BCUT2D eigenvalue weighted by Gasteiger charge is 2.50. The molecule has 232 valence electrons. The number of hydrogen-bond acceptors (Lipinski definition) is 7. The maximum absolute atomic E-state index is 14.5. The first-order chi connectivity index (χ1) is 21.2. The number of alkyl halides is 1. The molecule has 4 atom stereocenters. The maximum Gasteiger partial charge on any atom is 0.318 e. The Bertz CT molecular complexity index is 1550. The Kier molecular flexibility index (Phi) is 7.53. The third-order valence-electron chi connectivity index (χ3n) is 10.8. The van der Waals surface area contributed by atoms with Crippen molar-refractivity contribution in [3.63, 3.8) is 0 Å². The number of carbonyl (C=O) groups excluding carboxylic acids is 1. The van der Waals surface area contributed by atoms with E-state index in [0.29, 0.717) is 32.7 Å². The van der Waals surface area contributed by atoms with Crippen LogP contribution in [-0.4, -0.2) is 82.8 Å². The van der Waals surface area contributed by atoms with E-state index in [0.717, 1.165) is 73.6 Å². The van der Waals surface area contributed by atoms with Crippen molar-refractivity contribution in [2.45, 2.75) is 81.0 Å². The number of nitriles is 1. The van der Waals surface area contributed by atoms with Gasteiger partial charge in [-0.15, -0.1) is 0 Å². The van der Waals surface area contributed by atoms with Gasteiger partial charge in [-0.1, -0.05) is 30.3 Å². The summed E-state index contributed by atoms with van der Waals surface area (Å²) in [6, 6.07) is 8.10. The van der Waals surface area contributed by atoms with Crippen LogP contribution in [0.25, 0.3) is 0 Å². The summed E-state index contributed by atoms with van der Waals surface area (Å²) in [5, 5.41) is 10.3. The van der Waals surface area contributed by atoms with Crippen LogP contribution in [0.5, 0.6) is 6.01 Å². The van der Waals surface area contributed by atoms with Gasteiger partial charge in [-0.05, 0) is 68.7 Å². The van der Waals surface area contributed by atoms with Crippen LogP contribution < -0.4 is 9.64 Å². The van der Waals surface area contributed by atoms with Crippen molar-refractivity contribution in [1.29, 1.82) is 5.26 Å². The zero-order valence-electron chi connectivity index (χ0n) is 24.8. The molecule has 4 heterocycles. The van der Waals surface area contributed by atoms with Gasteiger partial charge in [-0.3, -0.25) is 9.69 Å². The number of piperazine rings is 1. The topological polar surface area (TPSA) is 85.6 Å². The molecular weight excluding hydrogens is 586 g/mol. The van der Waals surface area contributed by atoms with E-state index in [1.807, 2.05) is 12.1 Å². The highest BCUT2D eigenvalue weighted by molar-refractivity contribution is 6.31. The van der Waals surface area contributed by atoms with Crippen LogP contribution in [0.15, 0.2) is 30.6 Å². The average molecular weight is 623 g/mol. The molecule has 44 heavy (non-hydrogen) atoms. The fourth-order valence-electron chi connectivity index (χ4n) is 8.65. The van der Waals surface area contributed by atoms with E-state index >= 15 is 0 Å². The molecule has 0 N–H and O–H groups in total. The predicted octanol–water partition coefficient (Wildman–Crippen LogP) is 4.87. The molecule has 1 amide bonds. The first-order valence-electron chi connectivity index (χ1n) is 15.7. The Labute approximate surface area is 261 Å². The van der Waals surface area contributed by atoms with E-state index in [4.69, 9.17) is 26.3 Å². The van der Waals surface area contributed by atoms with Crippen molar-refractivity contribution < 1.29 is 18.3 Å². The minimum absolute atomic E-state index is 0.0650. The monoisotopic (exact) mass is 622 g/mol. The molecule has 5 aliphatic rings. The summed E-state index contributed by atoms with van der Waals surface area (Å²) in [6.45, 7) is 5.83. The summed E-state index contributed by atoms with van der Waals surface area (Å²) in [4.78, 5) is 28.2. The average Bonchev–Trinajstić information content (AvgIpc) is 3.66. The number of benzene rings is 1. The van der Waals surface area contributed by atoms with Gasteiger partial charge in [0, 0.05) is 48.6 Å². The first-order valence-corrected chi connectivity index (χ1v) is 16.1. The lowest BCUT2D eigenvalue weighted by molar-refractivity contribution is -0.131. The molecule has 0 saturated carbocycles. The summed E-state index contributed by atoms with van der Waals surface area (Å²) in [5.41, 5.74) is 4.10. The lowest BCUT2D eigenvalue weighted by atomic mass is 9.69. The van der Waals surface area contributed by atoms with Gasteiger partial charge in [-0.25, -0.2) is 8.78 Å². The van der Waals surface area contributed by atoms with Gasteiger partial charge in [0.2, 0.25) is 0 Å². The molecule has 0 radical (unpaired) electrons. The van der Waals surface area contributed by atoms with Crippen molar-refractivity contribution in [2.75, 3.05) is 44.2 Å². The van der Waals surface area contributed by atoms with Crippen LogP contribution in [-0.2, 0) is 29.5 Å². The summed E-state index contributed by atoms with van der Waals surface area (Å²) in [6.07, 6.45) is 5.92. The quantitative estimate of drug-likeness (QED) is 0.425. The zero-order valence-corrected chi connectivity index (χ0v) is 25.6. The Morgan fingerprint density at radius 3 is 2.77 bits per heavy atom. The van der Waals surface area contributed by atoms with Gasteiger partial charge in [0.05, 0.1) is 29.8 Å². The molecule has 3 saturated heterocycles. The maximum atomic E-state index is 14.5. The van der Waals surface area contributed by atoms with Crippen LogP contribution >= 0.6 is 11.6 Å². The minimum atomic E-state index is -1.03. The van der Waals surface area contributed by atoms with E-state index in [9.17, 15) is 18.8 Å². The number of ether oxygens (including phenoxy) is 1. The van der Waals surface area contributed by atoms with Gasteiger partial charge in [0.15, 0.2) is 5.83 Å². The molecule has 11 heteroatoms. The Balaban J connectivity index is 1.23. The molecule has 1 aromatic carbocycles. The zero-order chi connectivity index (χ0) is 30.6. The van der Waals surface area contributed by atoms with Gasteiger partial charge in [-0.2, -0.15) is 15.2 Å². The second-order valence-corrected chi connectivity index (χ2v) is 13.6. The van der Waals surface area contributed by atoms with Crippen molar-refractivity contribution >= 4 is 23.3 Å². The summed E-state index contributed by atoms with van der Waals surface area (Å²) < 4.78 is 34.7. The number of aromatic nitrogens is 2. The Morgan fingerprint density at radius 1 is 1.16 bits per heavy atom. The van der Waals surface area contributed by atoms with E-state index in [2.05, 4.69) is 28.5 Å². The summed E-state index contributed by atoms with van der Waals surface area (Å²) >= 11 is 6.61. The van der Waals surface area contributed by atoms with Crippen LogP contribution in [0.3, 0.4) is 0 Å². The minimum Gasteiger partial charge on any atom is -0.461 e. The first kappa shape index (κ1) is 29.4. The van der Waals surface area contributed by atoms with E-state index in [1.165, 1.54) is 16.0 Å². The number of carbonyl (C=O) groups is 1. The normalized spacial score (nSPS) is 29.3. The predicted molar refractivity (Wildman–Crippen MR) is 162 cm³/mol. The van der Waals surface area contributed by atoms with Crippen LogP contribution in [0.2, 0.25) is 5.02 Å². The fourth-order valence-corrected chi connectivity index (χ4v) is 8.92. The number of fused-ring (bicyclic) bond motifs is 4. The summed E-state index contributed by atoms with van der Waals surface area (Å²) in [7, 11) is 0. The highest BCUT2D eigenvalue weighted by atomic mass is 35.5. The van der Waals surface area contributed by atoms with Crippen molar-refractivity contribution in [3.05, 3.63) is 58.0 Å². The van der Waals surface area contributed by atoms with Crippen molar-refractivity contribution in [3.8, 4) is 12.1 Å².